The Bertz CT molecular complexity index is 317. The van der Waals surface area contributed by atoms with Gasteiger partial charge in [0.05, 0.1) is 0 Å². The first kappa shape index (κ1) is 13.6. The Balaban J connectivity index is 1.43. The standard InChI is InChI=1S/C19H33N/c20-14-18(4-2-1-3-5-18)6-7-19-11-15-8-16(12-19)10-17(9-15)13-19/h15-17H,1-14,20H2. The van der Waals surface area contributed by atoms with Crippen molar-refractivity contribution in [3.8, 4) is 0 Å². The van der Waals surface area contributed by atoms with Gasteiger partial charge in [0, 0.05) is 0 Å². The Labute approximate surface area is 125 Å². The lowest BCUT2D eigenvalue weighted by Gasteiger charge is -2.57. The molecule has 0 aromatic rings. The van der Waals surface area contributed by atoms with Crippen molar-refractivity contribution in [3.05, 3.63) is 0 Å². The summed E-state index contributed by atoms with van der Waals surface area (Å²) in [6.07, 6.45) is 19.7. The van der Waals surface area contributed by atoms with Crippen LogP contribution in [0.5, 0.6) is 0 Å². The van der Waals surface area contributed by atoms with E-state index >= 15 is 0 Å². The summed E-state index contributed by atoms with van der Waals surface area (Å²) in [5.74, 6) is 3.34. The highest BCUT2D eigenvalue weighted by molar-refractivity contribution is 5.02. The van der Waals surface area contributed by atoms with E-state index in [-0.39, 0.29) is 0 Å². The Morgan fingerprint density at radius 1 is 0.750 bits per heavy atom. The monoisotopic (exact) mass is 275 g/mol. The zero-order valence-electron chi connectivity index (χ0n) is 13.2. The fourth-order valence-corrected chi connectivity index (χ4v) is 6.98. The molecule has 5 saturated carbocycles. The first-order valence-electron chi connectivity index (χ1n) is 9.41. The molecular formula is C19H33N. The lowest BCUT2D eigenvalue weighted by atomic mass is 9.48. The van der Waals surface area contributed by atoms with Crippen LogP contribution in [0.15, 0.2) is 0 Å². The highest BCUT2D eigenvalue weighted by Crippen LogP contribution is 2.62. The summed E-state index contributed by atoms with van der Waals surface area (Å²) in [5, 5.41) is 0. The lowest BCUT2D eigenvalue weighted by Crippen LogP contribution is -2.47. The van der Waals surface area contributed by atoms with Crippen molar-refractivity contribution >= 4 is 0 Å². The molecule has 1 heteroatoms. The highest BCUT2D eigenvalue weighted by atomic mass is 14.6. The third-order valence-corrected chi connectivity index (χ3v) is 7.70. The number of hydrogen-bond donors (Lipinski definition) is 1. The number of hydrogen-bond acceptors (Lipinski definition) is 1. The van der Waals surface area contributed by atoms with Crippen LogP contribution in [-0.2, 0) is 0 Å². The molecule has 5 fully saturated rings. The van der Waals surface area contributed by atoms with Crippen LogP contribution in [0.25, 0.3) is 0 Å². The summed E-state index contributed by atoms with van der Waals surface area (Å²) >= 11 is 0. The molecule has 0 aromatic carbocycles. The van der Waals surface area contributed by atoms with Crippen molar-refractivity contribution in [2.24, 2.45) is 34.3 Å². The van der Waals surface area contributed by atoms with Crippen LogP contribution < -0.4 is 5.73 Å². The van der Waals surface area contributed by atoms with E-state index in [2.05, 4.69) is 0 Å². The Kier molecular flexibility index (Phi) is 3.41. The van der Waals surface area contributed by atoms with E-state index in [1.165, 1.54) is 44.9 Å². The largest absolute Gasteiger partial charge is 0.330 e. The lowest BCUT2D eigenvalue weighted by molar-refractivity contribution is -0.0645. The molecule has 5 aliphatic carbocycles. The van der Waals surface area contributed by atoms with Gasteiger partial charge in [-0.15, -0.1) is 0 Å². The maximum Gasteiger partial charge on any atom is -0.00205 e. The second-order valence-corrected chi connectivity index (χ2v) is 9.18. The summed E-state index contributed by atoms with van der Waals surface area (Å²) in [4.78, 5) is 0. The van der Waals surface area contributed by atoms with E-state index < -0.39 is 0 Å². The normalized spacial score (nSPS) is 45.8. The predicted molar refractivity (Wildman–Crippen MR) is 84.4 cm³/mol. The van der Waals surface area contributed by atoms with Crippen molar-refractivity contribution < 1.29 is 0 Å². The Morgan fingerprint density at radius 2 is 1.30 bits per heavy atom. The SMILES string of the molecule is NCC1(CCC23CC4CC(CC(C4)C2)C3)CCCCC1. The molecule has 4 bridgehead atoms. The molecule has 0 amide bonds. The molecule has 0 spiro atoms. The van der Waals surface area contributed by atoms with Crippen LogP contribution in [0.4, 0.5) is 0 Å². The molecule has 0 aromatic heterocycles. The minimum Gasteiger partial charge on any atom is -0.330 e. The topological polar surface area (TPSA) is 26.0 Å². The summed E-state index contributed by atoms with van der Waals surface area (Å²) in [6, 6.07) is 0. The average molecular weight is 275 g/mol. The van der Waals surface area contributed by atoms with Gasteiger partial charge >= 0.3 is 0 Å². The van der Waals surface area contributed by atoms with Crippen molar-refractivity contribution in [1.82, 2.24) is 0 Å². The maximum atomic E-state index is 6.22. The number of nitrogens with two attached hydrogens (primary N) is 1. The van der Waals surface area contributed by atoms with Crippen molar-refractivity contribution in [2.45, 2.75) is 83.5 Å². The maximum absolute atomic E-state index is 6.22. The van der Waals surface area contributed by atoms with Crippen LogP contribution >= 0.6 is 0 Å². The average Bonchev–Trinajstić information content (AvgIpc) is 2.45. The Hall–Kier alpha value is -0.0400. The van der Waals surface area contributed by atoms with E-state index in [1.807, 2.05) is 0 Å². The van der Waals surface area contributed by atoms with Gasteiger partial charge < -0.3 is 5.73 Å². The molecule has 0 unspecified atom stereocenters. The molecule has 0 aliphatic heterocycles. The summed E-state index contributed by atoms with van der Waals surface area (Å²) in [5.41, 5.74) is 7.53. The van der Waals surface area contributed by atoms with Gasteiger partial charge in [0.25, 0.3) is 0 Å². The van der Waals surface area contributed by atoms with Crippen LogP contribution in [-0.4, -0.2) is 6.54 Å². The molecule has 0 atom stereocenters. The number of rotatable bonds is 4. The predicted octanol–water partition coefficient (Wildman–Crippen LogP) is 4.89. The van der Waals surface area contributed by atoms with Gasteiger partial charge in [0.2, 0.25) is 0 Å². The van der Waals surface area contributed by atoms with E-state index in [9.17, 15) is 0 Å². The van der Waals surface area contributed by atoms with Crippen LogP contribution in [0.1, 0.15) is 83.5 Å². The molecule has 114 valence electrons. The molecule has 0 saturated heterocycles. The van der Waals surface area contributed by atoms with Gasteiger partial charge in [-0.1, -0.05) is 19.3 Å². The zero-order chi connectivity index (χ0) is 13.6. The summed E-state index contributed by atoms with van der Waals surface area (Å²) < 4.78 is 0. The molecule has 0 radical (unpaired) electrons. The fourth-order valence-electron chi connectivity index (χ4n) is 6.98. The van der Waals surface area contributed by atoms with Crippen molar-refractivity contribution in [2.75, 3.05) is 6.54 Å². The van der Waals surface area contributed by atoms with Gasteiger partial charge in [-0.25, -0.2) is 0 Å². The molecule has 5 aliphatic rings. The van der Waals surface area contributed by atoms with Crippen LogP contribution in [0.2, 0.25) is 0 Å². The fraction of sp³-hybridized carbons (Fsp3) is 1.00. The quantitative estimate of drug-likeness (QED) is 0.776. The van der Waals surface area contributed by atoms with Gasteiger partial charge in [-0.2, -0.15) is 0 Å². The molecule has 2 N–H and O–H groups in total. The van der Waals surface area contributed by atoms with Crippen LogP contribution in [0, 0.1) is 28.6 Å². The minimum absolute atomic E-state index is 0.543. The van der Waals surface area contributed by atoms with E-state index in [1.54, 1.807) is 38.5 Å². The van der Waals surface area contributed by atoms with E-state index in [4.69, 9.17) is 5.73 Å². The second kappa shape index (κ2) is 5.00. The van der Waals surface area contributed by atoms with Crippen molar-refractivity contribution in [1.29, 1.82) is 0 Å². The van der Waals surface area contributed by atoms with Gasteiger partial charge in [-0.05, 0) is 99.3 Å². The first-order chi connectivity index (χ1) is 9.71. The highest BCUT2D eigenvalue weighted by Gasteiger charge is 2.51. The van der Waals surface area contributed by atoms with Gasteiger partial charge in [0.15, 0.2) is 0 Å². The molecule has 0 heterocycles. The van der Waals surface area contributed by atoms with Crippen LogP contribution in [0.3, 0.4) is 0 Å². The zero-order valence-corrected chi connectivity index (χ0v) is 13.2. The first-order valence-corrected chi connectivity index (χ1v) is 9.41. The van der Waals surface area contributed by atoms with E-state index in [0.717, 1.165) is 29.7 Å². The second-order valence-electron chi connectivity index (χ2n) is 9.18. The molecule has 20 heavy (non-hydrogen) atoms. The third-order valence-electron chi connectivity index (χ3n) is 7.70. The smallest absolute Gasteiger partial charge is 0.00205 e. The Morgan fingerprint density at radius 3 is 1.80 bits per heavy atom. The summed E-state index contributed by atoms with van der Waals surface area (Å²) in [7, 11) is 0. The van der Waals surface area contributed by atoms with Gasteiger partial charge in [0.1, 0.15) is 0 Å². The van der Waals surface area contributed by atoms with E-state index in [0.29, 0.717) is 5.41 Å². The molecule has 5 rings (SSSR count). The van der Waals surface area contributed by atoms with Crippen molar-refractivity contribution in [3.63, 3.8) is 0 Å². The molecule has 1 nitrogen and oxygen atoms in total. The minimum atomic E-state index is 0.543. The molecular weight excluding hydrogens is 242 g/mol. The third kappa shape index (κ3) is 2.34. The summed E-state index contributed by atoms with van der Waals surface area (Å²) in [6.45, 7) is 0.958. The van der Waals surface area contributed by atoms with Gasteiger partial charge in [-0.3, -0.25) is 0 Å².